The van der Waals surface area contributed by atoms with Gasteiger partial charge in [0.2, 0.25) is 0 Å². The number of hydrogen-bond acceptors (Lipinski definition) is 8. The molecule has 9 nitrogen and oxygen atoms in total. The number of nitro benzene ring substituents is 1. The van der Waals surface area contributed by atoms with Crippen LogP contribution in [0.1, 0.15) is 24.1 Å². The zero-order chi connectivity index (χ0) is 23.7. The topological polar surface area (TPSA) is 113 Å². The van der Waals surface area contributed by atoms with E-state index in [9.17, 15) is 19.7 Å². The molecule has 1 atom stereocenters. The minimum absolute atomic E-state index is 0.0357. The minimum Gasteiger partial charge on any atom is -0.497 e. The maximum Gasteiger partial charge on any atom is 0.338 e. The first-order chi connectivity index (χ1) is 15.8. The van der Waals surface area contributed by atoms with Gasteiger partial charge in [0, 0.05) is 12.1 Å². The first-order valence-electron chi connectivity index (χ1n) is 9.83. The second kappa shape index (κ2) is 8.83. The molecule has 0 fully saturated rings. The maximum atomic E-state index is 13.4. The smallest absolute Gasteiger partial charge is 0.338 e. The largest absolute Gasteiger partial charge is 0.497 e. The van der Waals surface area contributed by atoms with Gasteiger partial charge in [-0.15, -0.1) is 0 Å². The number of methoxy groups -OCH3 is 2. The molecular weight excluding hydrogens is 446 g/mol. The van der Waals surface area contributed by atoms with E-state index < -0.39 is 16.9 Å². The number of allylic oxidation sites excluding steroid dienone is 1. The van der Waals surface area contributed by atoms with Gasteiger partial charge in [0.25, 0.3) is 11.2 Å². The molecule has 4 rings (SSSR count). The van der Waals surface area contributed by atoms with Crippen LogP contribution in [0.2, 0.25) is 0 Å². The Hall–Kier alpha value is -4.05. The molecule has 0 aliphatic carbocycles. The van der Waals surface area contributed by atoms with E-state index in [-0.39, 0.29) is 16.8 Å². The summed E-state index contributed by atoms with van der Waals surface area (Å²) < 4.78 is 12.1. The molecule has 0 amide bonds. The Balaban J connectivity index is 1.90. The van der Waals surface area contributed by atoms with Gasteiger partial charge in [0.15, 0.2) is 4.80 Å². The number of esters is 1. The average Bonchev–Trinajstić information content (AvgIpc) is 3.12. The summed E-state index contributed by atoms with van der Waals surface area (Å²) in [7, 11) is 2.84. The molecular formula is C23H19N3O6S. The molecule has 2 heterocycles. The number of benzene rings is 2. The normalized spacial score (nSPS) is 15.6. The first kappa shape index (κ1) is 22.2. The summed E-state index contributed by atoms with van der Waals surface area (Å²) in [5.74, 6) is 0.0753. The van der Waals surface area contributed by atoms with Gasteiger partial charge in [0.05, 0.1) is 41.0 Å². The van der Waals surface area contributed by atoms with Crippen LogP contribution >= 0.6 is 11.3 Å². The molecule has 33 heavy (non-hydrogen) atoms. The van der Waals surface area contributed by atoms with Gasteiger partial charge in [-0.25, -0.2) is 9.79 Å². The first-order valence-corrected chi connectivity index (χ1v) is 10.6. The highest BCUT2D eigenvalue weighted by molar-refractivity contribution is 7.07. The summed E-state index contributed by atoms with van der Waals surface area (Å²) in [5, 5.41) is 10.9. The number of ether oxygens (including phenoxy) is 2. The van der Waals surface area contributed by atoms with E-state index in [1.54, 1.807) is 56.5 Å². The lowest BCUT2D eigenvalue weighted by molar-refractivity contribution is -0.384. The van der Waals surface area contributed by atoms with E-state index in [2.05, 4.69) is 4.99 Å². The molecule has 168 valence electrons. The van der Waals surface area contributed by atoms with Gasteiger partial charge in [-0.3, -0.25) is 19.5 Å². The number of aromatic nitrogens is 1. The summed E-state index contributed by atoms with van der Waals surface area (Å²) in [6.07, 6.45) is 1.65. The van der Waals surface area contributed by atoms with Crippen molar-refractivity contribution in [1.82, 2.24) is 4.57 Å². The maximum absolute atomic E-state index is 13.4. The standard InChI is InChI=1S/C23H19N3O6S/c1-13-19(22(28)32-3)20(15-6-10-17(31-2)11-7-15)25-21(27)18(33-23(25)24-13)12-14-4-8-16(9-5-14)26(29)30/h4-12,20H,1-3H3/b18-12-/t20-/m0/s1. The number of carbonyl (C=O) groups is 1. The van der Waals surface area contributed by atoms with E-state index in [1.165, 1.54) is 35.1 Å². The van der Waals surface area contributed by atoms with Gasteiger partial charge < -0.3 is 9.47 Å². The van der Waals surface area contributed by atoms with Crippen molar-refractivity contribution >= 4 is 29.1 Å². The predicted octanol–water partition coefficient (Wildman–Crippen LogP) is 2.33. The molecule has 0 unspecified atom stereocenters. The van der Waals surface area contributed by atoms with Crippen molar-refractivity contribution in [3.05, 3.63) is 101 Å². The van der Waals surface area contributed by atoms with E-state index in [4.69, 9.17) is 9.47 Å². The molecule has 0 spiro atoms. The number of rotatable bonds is 5. The average molecular weight is 465 g/mol. The lowest BCUT2D eigenvalue weighted by Crippen LogP contribution is -2.39. The highest BCUT2D eigenvalue weighted by Crippen LogP contribution is 2.31. The number of thiazole rings is 1. The third-order valence-corrected chi connectivity index (χ3v) is 6.24. The van der Waals surface area contributed by atoms with Crippen molar-refractivity contribution in [3.63, 3.8) is 0 Å². The predicted molar refractivity (Wildman–Crippen MR) is 122 cm³/mol. The monoisotopic (exact) mass is 465 g/mol. The molecule has 1 aromatic heterocycles. The second-order valence-electron chi connectivity index (χ2n) is 7.20. The third kappa shape index (κ3) is 4.08. The van der Waals surface area contributed by atoms with Gasteiger partial charge in [-0.2, -0.15) is 0 Å². The van der Waals surface area contributed by atoms with Crippen LogP contribution in [0.25, 0.3) is 6.08 Å². The number of carbonyl (C=O) groups excluding carboxylic acids is 1. The van der Waals surface area contributed by atoms with Crippen LogP contribution in [-0.2, 0) is 9.53 Å². The fourth-order valence-corrected chi connectivity index (χ4v) is 4.68. The summed E-state index contributed by atoms with van der Waals surface area (Å²) in [4.78, 5) is 41.4. The molecule has 1 aliphatic heterocycles. The van der Waals surface area contributed by atoms with Gasteiger partial charge in [0.1, 0.15) is 5.75 Å². The van der Waals surface area contributed by atoms with Crippen LogP contribution in [-0.4, -0.2) is 29.7 Å². The van der Waals surface area contributed by atoms with Crippen LogP contribution in [0.15, 0.2) is 69.6 Å². The minimum atomic E-state index is -0.724. The number of nitrogens with zero attached hydrogens (tertiary/aromatic N) is 3. The molecule has 1 aliphatic rings. The quantitative estimate of drug-likeness (QED) is 0.325. The van der Waals surface area contributed by atoms with Crippen LogP contribution in [0.4, 0.5) is 5.69 Å². The van der Waals surface area contributed by atoms with E-state index in [0.29, 0.717) is 31.9 Å². The highest BCUT2D eigenvalue weighted by Gasteiger charge is 2.33. The molecule has 0 bridgehead atoms. The van der Waals surface area contributed by atoms with E-state index in [0.717, 1.165) is 0 Å². The lowest BCUT2D eigenvalue weighted by atomic mass is 9.96. The zero-order valence-electron chi connectivity index (χ0n) is 18.0. The molecule has 0 N–H and O–H groups in total. The van der Waals surface area contributed by atoms with Crippen LogP contribution in [0, 0.1) is 10.1 Å². The van der Waals surface area contributed by atoms with Crippen molar-refractivity contribution in [2.75, 3.05) is 14.2 Å². The molecule has 0 saturated heterocycles. The fraction of sp³-hybridized carbons (Fsp3) is 0.174. The SMILES string of the molecule is COC(=O)C1=C(C)N=c2s/c(=C\c3ccc([N+](=O)[O-])cc3)c(=O)n2[C@H]1c1ccc(OC)cc1. The third-order valence-electron chi connectivity index (χ3n) is 5.26. The Morgan fingerprint density at radius 1 is 1.15 bits per heavy atom. The van der Waals surface area contributed by atoms with Crippen molar-refractivity contribution in [3.8, 4) is 5.75 Å². The zero-order valence-corrected chi connectivity index (χ0v) is 18.8. The highest BCUT2D eigenvalue weighted by atomic mass is 32.1. The summed E-state index contributed by atoms with van der Waals surface area (Å²) in [5.41, 5.74) is 1.71. The number of non-ortho nitro benzene ring substituents is 1. The van der Waals surface area contributed by atoms with Crippen LogP contribution < -0.4 is 19.6 Å². The Morgan fingerprint density at radius 2 is 1.82 bits per heavy atom. The van der Waals surface area contributed by atoms with Gasteiger partial charge >= 0.3 is 5.97 Å². The van der Waals surface area contributed by atoms with E-state index >= 15 is 0 Å². The Morgan fingerprint density at radius 3 is 2.39 bits per heavy atom. The number of hydrogen-bond donors (Lipinski definition) is 0. The molecule has 0 saturated carbocycles. The number of fused-ring (bicyclic) bond motifs is 1. The fourth-order valence-electron chi connectivity index (χ4n) is 3.64. The Bertz CT molecular complexity index is 1450. The Kier molecular flexibility index (Phi) is 5.93. The van der Waals surface area contributed by atoms with Gasteiger partial charge in [-0.05, 0) is 48.4 Å². The molecule has 2 aromatic carbocycles. The van der Waals surface area contributed by atoms with Crippen molar-refractivity contribution in [1.29, 1.82) is 0 Å². The van der Waals surface area contributed by atoms with Crippen LogP contribution in [0.5, 0.6) is 5.75 Å². The number of nitro groups is 1. The van der Waals surface area contributed by atoms with Crippen LogP contribution in [0.3, 0.4) is 0 Å². The summed E-state index contributed by atoms with van der Waals surface area (Å²) >= 11 is 1.18. The second-order valence-corrected chi connectivity index (χ2v) is 8.20. The van der Waals surface area contributed by atoms with Gasteiger partial charge in [-0.1, -0.05) is 23.5 Å². The summed E-state index contributed by atoms with van der Waals surface area (Å²) in [6, 6.07) is 12.3. The van der Waals surface area contributed by atoms with E-state index in [1.807, 2.05) is 0 Å². The molecule has 10 heteroatoms. The Labute approximate surface area is 191 Å². The van der Waals surface area contributed by atoms with Crippen molar-refractivity contribution < 1.29 is 19.2 Å². The summed E-state index contributed by atoms with van der Waals surface area (Å²) in [6.45, 7) is 1.70. The molecule has 0 radical (unpaired) electrons. The van der Waals surface area contributed by atoms with Crippen molar-refractivity contribution in [2.24, 2.45) is 4.99 Å². The molecule has 3 aromatic rings. The lowest BCUT2D eigenvalue weighted by Gasteiger charge is -2.24. The van der Waals surface area contributed by atoms with Crippen molar-refractivity contribution in [2.45, 2.75) is 13.0 Å².